The van der Waals surface area contributed by atoms with Crippen molar-refractivity contribution in [1.82, 2.24) is 0 Å². The van der Waals surface area contributed by atoms with Crippen LogP contribution in [0.5, 0.6) is 0 Å². The van der Waals surface area contributed by atoms with Crippen LogP contribution in [0, 0.1) is 11.8 Å². The Labute approximate surface area is 63.4 Å². The van der Waals surface area contributed by atoms with Crippen molar-refractivity contribution >= 4 is 0 Å². The van der Waals surface area contributed by atoms with E-state index < -0.39 is 0 Å². The fraction of sp³-hybridized carbons (Fsp3) is 1.00. The number of aliphatic hydroxyl groups is 1. The molecule has 1 nitrogen and oxygen atoms in total. The number of rotatable bonds is 4. The molecule has 10 heavy (non-hydrogen) atoms. The summed E-state index contributed by atoms with van der Waals surface area (Å²) in [5, 5.41) is 9.16. The molecule has 0 aromatic rings. The van der Waals surface area contributed by atoms with Crippen LogP contribution in [0.2, 0.25) is 0 Å². The minimum absolute atomic E-state index is 0.0538. The van der Waals surface area contributed by atoms with Gasteiger partial charge < -0.3 is 5.11 Å². The molecule has 0 heterocycles. The summed E-state index contributed by atoms with van der Waals surface area (Å²) in [6, 6.07) is 0. The first-order chi connectivity index (χ1) is 4.75. The quantitative estimate of drug-likeness (QED) is 0.638. The van der Waals surface area contributed by atoms with Crippen LogP contribution < -0.4 is 0 Å². The molecule has 1 saturated carbocycles. The second-order valence-electron chi connectivity index (χ2n) is 3.54. The summed E-state index contributed by atoms with van der Waals surface area (Å²) in [6.07, 6.45) is 5.20. The lowest BCUT2D eigenvalue weighted by molar-refractivity contribution is 0.163. The van der Waals surface area contributed by atoms with Crippen LogP contribution in [0.3, 0.4) is 0 Å². The van der Waals surface area contributed by atoms with Crippen LogP contribution >= 0.6 is 0 Å². The summed E-state index contributed by atoms with van der Waals surface area (Å²) in [4.78, 5) is 0. The van der Waals surface area contributed by atoms with Gasteiger partial charge in [-0.05, 0) is 25.2 Å². The minimum atomic E-state index is -0.0538. The first kappa shape index (κ1) is 8.06. The van der Waals surface area contributed by atoms with Gasteiger partial charge in [-0.2, -0.15) is 0 Å². The Morgan fingerprint density at radius 1 is 1.60 bits per heavy atom. The molecule has 1 aliphatic rings. The third kappa shape index (κ3) is 1.98. The molecule has 0 bridgehead atoms. The van der Waals surface area contributed by atoms with Crippen LogP contribution in [0.1, 0.15) is 39.5 Å². The molecule has 0 amide bonds. The minimum Gasteiger partial charge on any atom is -0.393 e. The molecule has 1 fully saturated rings. The van der Waals surface area contributed by atoms with Gasteiger partial charge in [0.15, 0.2) is 0 Å². The fourth-order valence-corrected chi connectivity index (χ4v) is 1.66. The molecule has 0 unspecified atom stereocenters. The summed E-state index contributed by atoms with van der Waals surface area (Å²) < 4.78 is 0. The summed E-state index contributed by atoms with van der Waals surface area (Å²) in [6.45, 7) is 4.14. The van der Waals surface area contributed by atoms with E-state index in [1.54, 1.807) is 0 Å². The zero-order chi connectivity index (χ0) is 7.56. The van der Waals surface area contributed by atoms with Gasteiger partial charge in [-0.25, -0.2) is 0 Å². The summed E-state index contributed by atoms with van der Waals surface area (Å²) in [5.74, 6) is 1.51. The second kappa shape index (κ2) is 3.38. The van der Waals surface area contributed by atoms with Crippen molar-refractivity contribution in [3.63, 3.8) is 0 Å². The largest absolute Gasteiger partial charge is 0.393 e. The standard InChI is InChI=1S/C9H18O/c1-3-4-5-8-6-9(8)7(2)10/h7-10H,3-6H2,1-2H3/t7-,8+,9+/m1/s1. The fourth-order valence-electron chi connectivity index (χ4n) is 1.66. The lowest BCUT2D eigenvalue weighted by Crippen LogP contribution is -2.03. The van der Waals surface area contributed by atoms with Crippen molar-refractivity contribution in [2.75, 3.05) is 0 Å². The van der Waals surface area contributed by atoms with Crippen molar-refractivity contribution in [3.8, 4) is 0 Å². The Kier molecular flexibility index (Phi) is 2.72. The molecule has 0 saturated heterocycles. The molecule has 0 radical (unpaired) electrons. The van der Waals surface area contributed by atoms with E-state index >= 15 is 0 Å². The SMILES string of the molecule is CCCC[C@H]1C[C@H]1[C@@H](C)O. The van der Waals surface area contributed by atoms with Gasteiger partial charge in [-0.1, -0.05) is 26.2 Å². The highest BCUT2D eigenvalue weighted by molar-refractivity contribution is 4.89. The van der Waals surface area contributed by atoms with Gasteiger partial charge >= 0.3 is 0 Å². The van der Waals surface area contributed by atoms with Crippen molar-refractivity contribution in [1.29, 1.82) is 0 Å². The maximum absolute atomic E-state index is 9.16. The summed E-state index contributed by atoms with van der Waals surface area (Å²) >= 11 is 0. The number of aliphatic hydroxyl groups excluding tert-OH is 1. The van der Waals surface area contributed by atoms with Crippen molar-refractivity contribution in [2.45, 2.75) is 45.6 Å². The van der Waals surface area contributed by atoms with Crippen LogP contribution in [0.4, 0.5) is 0 Å². The normalized spacial score (nSPS) is 33.9. The van der Waals surface area contributed by atoms with Gasteiger partial charge in [0.25, 0.3) is 0 Å². The smallest absolute Gasteiger partial charge is 0.0543 e. The lowest BCUT2D eigenvalue weighted by atomic mass is 10.1. The average Bonchev–Trinajstić information content (AvgIpc) is 2.62. The number of unbranched alkanes of at least 4 members (excludes halogenated alkanes) is 1. The molecule has 1 heteroatoms. The number of hydrogen-bond acceptors (Lipinski definition) is 1. The van der Waals surface area contributed by atoms with Gasteiger partial charge in [0.2, 0.25) is 0 Å². The Bertz CT molecular complexity index is 98.9. The third-order valence-electron chi connectivity index (χ3n) is 2.53. The Balaban J connectivity index is 2.02. The molecule has 1 aliphatic carbocycles. The van der Waals surface area contributed by atoms with Crippen molar-refractivity contribution in [2.24, 2.45) is 11.8 Å². The second-order valence-corrected chi connectivity index (χ2v) is 3.54. The van der Waals surface area contributed by atoms with E-state index in [9.17, 15) is 0 Å². The zero-order valence-corrected chi connectivity index (χ0v) is 7.01. The molecule has 0 aromatic carbocycles. The topological polar surface area (TPSA) is 20.2 Å². The molecular weight excluding hydrogens is 124 g/mol. The van der Waals surface area contributed by atoms with E-state index in [2.05, 4.69) is 6.92 Å². The lowest BCUT2D eigenvalue weighted by Gasteiger charge is -2.00. The molecule has 60 valence electrons. The van der Waals surface area contributed by atoms with E-state index in [0.29, 0.717) is 5.92 Å². The molecule has 3 atom stereocenters. The Morgan fingerprint density at radius 3 is 2.70 bits per heavy atom. The highest BCUT2D eigenvalue weighted by Gasteiger charge is 2.39. The predicted molar refractivity (Wildman–Crippen MR) is 42.8 cm³/mol. The number of hydrogen-bond donors (Lipinski definition) is 1. The highest BCUT2D eigenvalue weighted by Crippen LogP contribution is 2.44. The van der Waals surface area contributed by atoms with Gasteiger partial charge in [-0.15, -0.1) is 0 Å². The van der Waals surface area contributed by atoms with Crippen molar-refractivity contribution in [3.05, 3.63) is 0 Å². The van der Waals surface area contributed by atoms with Crippen LogP contribution in [0.25, 0.3) is 0 Å². The average molecular weight is 142 g/mol. The maximum atomic E-state index is 9.16. The predicted octanol–water partition coefficient (Wildman–Crippen LogP) is 2.19. The van der Waals surface area contributed by atoms with Gasteiger partial charge in [-0.3, -0.25) is 0 Å². The Hall–Kier alpha value is -0.0400. The molecule has 0 spiro atoms. The van der Waals surface area contributed by atoms with E-state index in [0.717, 1.165) is 5.92 Å². The maximum Gasteiger partial charge on any atom is 0.0543 e. The first-order valence-electron chi connectivity index (χ1n) is 4.43. The van der Waals surface area contributed by atoms with E-state index in [1.165, 1.54) is 25.7 Å². The summed E-state index contributed by atoms with van der Waals surface area (Å²) in [7, 11) is 0. The molecule has 0 aromatic heterocycles. The summed E-state index contributed by atoms with van der Waals surface area (Å²) in [5.41, 5.74) is 0. The van der Waals surface area contributed by atoms with Gasteiger partial charge in [0.05, 0.1) is 6.10 Å². The van der Waals surface area contributed by atoms with Crippen molar-refractivity contribution < 1.29 is 5.11 Å². The third-order valence-corrected chi connectivity index (χ3v) is 2.53. The monoisotopic (exact) mass is 142 g/mol. The molecular formula is C9H18O. The zero-order valence-electron chi connectivity index (χ0n) is 7.01. The van der Waals surface area contributed by atoms with E-state index in [4.69, 9.17) is 5.11 Å². The van der Waals surface area contributed by atoms with E-state index in [-0.39, 0.29) is 6.10 Å². The highest BCUT2D eigenvalue weighted by atomic mass is 16.3. The molecule has 1 rings (SSSR count). The van der Waals surface area contributed by atoms with Crippen LogP contribution in [-0.4, -0.2) is 11.2 Å². The van der Waals surface area contributed by atoms with Crippen LogP contribution in [0.15, 0.2) is 0 Å². The first-order valence-corrected chi connectivity index (χ1v) is 4.43. The van der Waals surface area contributed by atoms with Gasteiger partial charge in [0, 0.05) is 0 Å². The van der Waals surface area contributed by atoms with Gasteiger partial charge in [0.1, 0.15) is 0 Å². The van der Waals surface area contributed by atoms with Crippen LogP contribution in [-0.2, 0) is 0 Å². The molecule has 0 aliphatic heterocycles. The molecule has 1 N–H and O–H groups in total. The Morgan fingerprint density at radius 2 is 2.30 bits per heavy atom. The van der Waals surface area contributed by atoms with E-state index in [1.807, 2.05) is 6.92 Å².